The highest BCUT2D eigenvalue weighted by Gasteiger charge is 2.24. The van der Waals surface area contributed by atoms with Crippen molar-refractivity contribution in [2.75, 3.05) is 12.3 Å². The first-order valence-corrected chi connectivity index (χ1v) is 6.96. The predicted molar refractivity (Wildman–Crippen MR) is 65.0 cm³/mol. The molecular formula is C10H14N4O3S. The first kappa shape index (κ1) is 12.8. The Morgan fingerprint density at radius 3 is 2.94 bits per heavy atom. The summed E-state index contributed by atoms with van der Waals surface area (Å²) in [5, 5.41) is 2.68. The van der Waals surface area contributed by atoms with Gasteiger partial charge in [0, 0.05) is 31.4 Å². The van der Waals surface area contributed by atoms with Gasteiger partial charge in [0.2, 0.25) is 15.9 Å². The number of aromatic nitrogens is 1. The summed E-state index contributed by atoms with van der Waals surface area (Å²) in [5.74, 6) is -0.0555. The van der Waals surface area contributed by atoms with Crippen LogP contribution in [0.3, 0.4) is 0 Å². The van der Waals surface area contributed by atoms with E-state index in [4.69, 9.17) is 5.73 Å². The monoisotopic (exact) mass is 270 g/mol. The summed E-state index contributed by atoms with van der Waals surface area (Å²) < 4.78 is 26.3. The lowest BCUT2D eigenvalue weighted by Gasteiger charge is -2.12. The molecule has 1 aromatic rings. The molecule has 0 aliphatic carbocycles. The van der Waals surface area contributed by atoms with Crippen molar-refractivity contribution < 1.29 is 13.2 Å². The van der Waals surface area contributed by atoms with Crippen LogP contribution < -0.4 is 15.8 Å². The minimum absolute atomic E-state index is 0.0469. The number of anilines is 1. The zero-order valence-corrected chi connectivity index (χ0v) is 10.4. The van der Waals surface area contributed by atoms with Gasteiger partial charge in [0.15, 0.2) is 0 Å². The van der Waals surface area contributed by atoms with Gasteiger partial charge in [-0.3, -0.25) is 9.78 Å². The van der Waals surface area contributed by atoms with Gasteiger partial charge in [-0.1, -0.05) is 0 Å². The molecule has 1 aliphatic rings. The molecule has 1 unspecified atom stereocenters. The van der Waals surface area contributed by atoms with Crippen LogP contribution in [0.5, 0.6) is 0 Å². The Morgan fingerprint density at radius 1 is 1.56 bits per heavy atom. The number of sulfonamides is 1. The summed E-state index contributed by atoms with van der Waals surface area (Å²) >= 11 is 0. The summed E-state index contributed by atoms with van der Waals surface area (Å²) in [4.78, 5) is 14.7. The van der Waals surface area contributed by atoms with Crippen molar-refractivity contribution in [3.05, 3.63) is 18.5 Å². The van der Waals surface area contributed by atoms with E-state index in [0.717, 1.165) is 0 Å². The highest BCUT2D eigenvalue weighted by molar-refractivity contribution is 7.89. The van der Waals surface area contributed by atoms with Crippen LogP contribution in [0.2, 0.25) is 0 Å². The molecule has 1 saturated heterocycles. The molecule has 0 aromatic carbocycles. The molecule has 4 N–H and O–H groups in total. The largest absolute Gasteiger partial charge is 0.398 e. The van der Waals surface area contributed by atoms with Gasteiger partial charge in [-0.25, -0.2) is 13.1 Å². The number of hydrogen-bond donors (Lipinski definition) is 3. The Morgan fingerprint density at radius 2 is 2.33 bits per heavy atom. The van der Waals surface area contributed by atoms with E-state index in [-0.39, 0.29) is 29.1 Å². The Balaban J connectivity index is 2.04. The number of amides is 1. The summed E-state index contributed by atoms with van der Waals surface area (Å²) in [6.45, 7) is 0.155. The molecule has 0 saturated carbocycles. The number of pyridine rings is 1. The molecule has 8 heteroatoms. The van der Waals surface area contributed by atoms with E-state index in [2.05, 4.69) is 15.0 Å². The SMILES string of the molecule is Nc1ccncc1S(=O)(=O)NCC1CCC(=O)N1. The fourth-order valence-electron chi connectivity index (χ4n) is 1.73. The molecule has 1 amide bonds. The van der Waals surface area contributed by atoms with Gasteiger partial charge in [-0.15, -0.1) is 0 Å². The average Bonchev–Trinajstić information content (AvgIpc) is 2.73. The topological polar surface area (TPSA) is 114 Å². The minimum atomic E-state index is -3.68. The number of hydrogen-bond acceptors (Lipinski definition) is 5. The van der Waals surface area contributed by atoms with Crippen molar-refractivity contribution in [3.63, 3.8) is 0 Å². The number of nitrogen functional groups attached to an aromatic ring is 1. The molecule has 1 aromatic heterocycles. The summed E-state index contributed by atoms with van der Waals surface area (Å²) in [6.07, 6.45) is 3.68. The molecule has 7 nitrogen and oxygen atoms in total. The van der Waals surface area contributed by atoms with Gasteiger partial charge >= 0.3 is 0 Å². The average molecular weight is 270 g/mol. The van der Waals surface area contributed by atoms with E-state index < -0.39 is 10.0 Å². The third kappa shape index (κ3) is 2.77. The molecule has 1 atom stereocenters. The second-order valence-corrected chi connectivity index (χ2v) is 5.80. The zero-order chi connectivity index (χ0) is 13.2. The second-order valence-electron chi connectivity index (χ2n) is 4.07. The fourth-order valence-corrected chi connectivity index (χ4v) is 2.89. The number of nitrogens with zero attached hydrogens (tertiary/aromatic N) is 1. The molecular weight excluding hydrogens is 256 g/mol. The van der Waals surface area contributed by atoms with Crippen LogP contribution in [0.25, 0.3) is 0 Å². The van der Waals surface area contributed by atoms with Crippen molar-refractivity contribution in [3.8, 4) is 0 Å². The van der Waals surface area contributed by atoms with Gasteiger partial charge in [0.1, 0.15) is 4.90 Å². The van der Waals surface area contributed by atoms with Crippen molar-refractivity contribution in [1.29, 1.82) is 0 Å². The van der Waals surface area contributed by atoms with Crippen LogP contribution in [0.15, 0.2) is 23.4 Å². The number of nitrogens with one attached hydrogen (secondary N) is 2. The normalized spacial score (nSPS) is 19.8. The van der Waals surface area contributed by atoms with Crippen LogP contribution in [0.1, 0.15) is 12.8 Å². The Kier molecular flexibility index (Phi) is 3.48. The van der Waals surface area contributed by atoms with Crippen molar-refractivity contribution in [2.45, 2.75) is 23.8 Å². The first-order chi connectivity index (χ1) is 8.49. The van der Waals surface area contributed by atoms with Gasteiger partial charge in [-0.05, 0) is 12.5 Å². The van der Waals surface area contributed by atoms with Gasteiger partial charge in [0.25, 0.3) is 0 Å². The third-order valence-electron chi connectivity index (χ3n) is 2.71. The molecule has 2 heterocycles. The van der Waals surface area contributed by atoms with E-state index in [1.807, 2.05) is 0 Å². The molecule has 1 fully saturated rings. The quantitative estimate of drug-likeness (QED) is 0.664. The van der Waals surface area contributed by atoms with Crippen LogP contribution in [0, 0.1) is 0 Å². The smallest absolute Gasteiger partial charge is 0.244 e. The second kappa shape index (κ2) is 4.91. The van der Waals surface area contributed by atoms with E-state index in [0.29, 0.717) is 12.8 Å². The number of carbonyl (C=O) groups excluding carboxylic acids is 1. The van der Waals surface area contributed by atoms with Gasteiger partial charge < -0.3 is 11.1 Å². The van der Waals surface area contributed by atoms with Crippen molar-refractivity contribution in [1.82, 2.24) is 15.0 Å². The maximum atomic E-state index is 11.9. The molecule has 18 heavy (non-hydrogen) atoms. The third-order valence-corrected chi connectivity index (χ3v) is 4.18. The van der Waals surface area contributed by atoms with Crippen LogP contribution in [-0.4, -0.2) is 31.9 Å². The molecule has 0 bridgehead atoms. The van der Waals surface area contributed by atoms with Crippen molar-refractivity contribution >= 4 is 21.6 Å². The van der Waals surface area contributed by atoms with Crippen LogP contribution in [-0.2, 0) is 14.8 Å². The lowest BCUT2D eigenvalue weighted by Crippen LogP contribution is -2.38. The standard InChI is InChI=1S/C10H14N4O3S/c11-8-3-4-12-6-9(8)18(16,17)13-5-7-1-2-10(15)14-7/h3-4,6-7,13H,1-2,5H2,(H2,11,12)(H,14,15). The molecule has 98 valence electrons. The van der Waals surface area contributed by atoms with Crippen LogP contribution in [0.4, 0.5) is 5.69 Å². The molecule has 2 rings (SSSR count). The number of nitrogens with two attached hydrogens (primary N) is 1. The van der Waals surface area contributed by atoms with E-state index in [1.165, 1.54) is 18.5 Å². The summed E-state index contributed by atoms with van der Waals surface area (Å²) in [5.41, 5.74) is 5.73. The lowest BCUT2D eigenvalue weighted by molar-refractivity contribution is -0.119. The molecule has 0 spiro atoms. The number of rotatable bonds is 4. The van der Waals surface area contributed by atoms with E-state index in [9.17, 15) is 13.2 Å². The Bertz CT molecular complexity index is 558. The first-order valence-electron chi connectivity index (χ1n) is 5.47. The highest BCUT2D eigenvalue weighted by atomic mass is 32.2. The van der Waals surface area contributed by atoms with Crippen molar-refractivity contribution in [2.24, 2.45) is 0 Å². The minimum Gasteiger partial charge on any atom is -0.398 e. The predicted octanol–water partition coefficient (Wildman–Crippen LogP) is -0.779. The van der Waals surface area contributed by atoms with Gasteiger partial charge in [-0.2, -0.15) is 0 Å². The number of carbonyl (C=O) groups is 1. The van der Waals surface area contributed by atoms with E-state index in [1.54, 1.807) is 0 Å². The lowest BCUT2D eigenvalue weighted by atomic mass is 10.2. The van der Waals surface area contributed by atoms with E-state index >= 15 is 0 Å². The highest BCUT2D eigenvalue weighted by Crippen LogP contribution is 2.15. The summed E-state index contributed by atoms with van der Waals surface area (Å²) in [6, 6.07) is 1.26. The Labute approximate surface area is 105 Å². The maximum absolute atomic E-state index is 11.9. The van der Waals surface area contributed by atoms with Gasteiger partial charge in [0.05, 0.1) is 5.69 Å². The molecule has 1 aliphatic heterocycles. The molecule has 0 radical (unpaired) electrons. The summed E-state index contributed by atoms with van der Waals surface area (Å²) in [7, 11) is -3.68. The van der Waals surface area contributed by atoms with Crippen LogP contribution >= 0.6 is 0 Å². The Hall–Kier alpha value is -1.67. The maximum Gasteiger partial charge on any atom is 0.244 e. The fraction of sp³-hybridized carbons (Fsp3) is 0.400. The zero-order valence-electron chi connectivity index (χ0n) is 9.59.